The number of rotatable bonds is 6. The van der Waals surface area contributed by atoms with E-state index in [-0.39, 0.29) is 11.3 Å². The molecule has 1 saturated heterocycles. The number of carboxylic acids is 1. The quantitative estimate of drug-likeness (QED) is 0.295. The molecule has 1 aliphatic heterocycles. The molecule has 11 heteroatoms. The highest BCUT2D eigenvalue weighted by Gasteiger charge is 2.56. The topological polar surface area (TPSA) is 187 Å². The number of hydrogen-bond acceptors (Lipinski definition) is 10. The molecule has 1 aromatic carbocycles. The summed E-state index contributed by atoms with van der Waals surface area (Å²) in [6, 6.07) is 5.49. The maximum atomic E-state index is 12.0. The summed E-state index contributed by atoms with van der Waals surface area (Å²) in [6.07, 6.45) is -9.63. The van der Waals surface area contributed by atoms with E-state index >= 15 is 0 Å². The molecule has 0 spiro atoms. The van der Waals surface area contributed by atoms with Crippen molar-refractivity contribution >= 4 is 16.9 Å². The molecule has 0 unspecified atom stereocenters. The Kier molecular flexibility index (Phi) is 6.13. The van der Waals surface area contributed by atoms with Crippen LogP contribution in [-0.2, 0) is 9.53 Å². The second-order valence-corrected chi connectivity index (χ2v) is 7.15. The lowest BCUT2D eigenvalue weighted by atomic mass is 9.90. The predicted octanol–water partition coefficient (Wildman–Crippen LogP) is -1.51. The van der Waals surface area contributed by atoms with Crippen molar-refractivity contribution in [2.24, 2.45) is 0 Å². The zero-order valence-electron chi connectivity index (χ0n) is 15.8. The van der Waals surface area contributed by atoms with Crippen molar-refractivity contribution < 1.29 is 49.3 Å². The number of fused-ring (bicyclic) bond motifs is 1. The zero-order valence-corrected chi connectivity index (χ0v) is 15.8. The van der Waals surface area contributed by atoms with Crippen molar-refractivity contribution in [1.29, 1.82) is 0 Å². The van der Waals surface area contributed by atoms with Crippen LogP contribution in [0.2, 0.25) is 0 Å². The van der Waals surface area contributed by atoms with Gasteiger partial charge in [-0.1, -0.05) is 0 Å². The van der Waals surface area contributed by atoms with Gasteiger partial charge < -0.3 is 44.5 Å². The molecule has 0 radical (unpaired) electrons. The first kappa shape index (κ1) is 22.2. The summed E-state index contributed by atoms with van der Waals surface area (Å²) in [7, 11) is 0. The lowest BCUT2D eigenvalue weighted by Crippen LogP contribution is -2.65. The molecule has 0 amide bonds. The van der Waals surface area contributed by atoms with Crippen LogP contribution in [0.25, 0.3) is 11.0 Å². The van der Waals surface area contributed by atoms with Crippen LogP contribution >= 0.6 is 0 Å². The molecule has 11 nitrogen and oxygen atoms in total. The van der Waals surface area contributed by atoms with Crippen molar-refractivity contribution in [3.8, 4) is 5.75 Å². The Hall–Kier alpha value is -2.54. The number of aliphatic carboxylic acids is 1. The van der Waals surface area contributed by atoms with E-state index in [1.807, 2.05) is 0 Å². The average molecular weight is 426 g/mol. The largest absolute Gasteiger partial charge is 0.476 e. The second-order valence-electron chi connectivity index (χ2n) is 7.15. The van der Waals surface area contributed by atoms with Gasteiger partial charge in [0.15, 0.2) is 0 Å². The van der Waals surface area contributed by atoms with Crippen molar-refractivity contribution in [2.75, 3.05) is 6.61 Å². The van der Waals surface area contributed by atoms with E-state index in [2.05, 4.69) is 0 Å². The van der Waals surface area contributed by atoms with Crippen LogP contribution in [0, 0.1) is 6.92 Å². The van der Waals surface area contributed by atoms with Gasteiger partial charge in [-0.25, -0.2) is 9.59 Å². The first-order valence-corrected chi connectivity index (χ1v) is 9.06. The lowest BCUT2D eigenvalue weighted by molar-refractivity contribution is -0.303. The third-order valence-electron chi connectivity index (χ3n) is 4.98. The van der Waals surface area contributed by atoms with E-state index < -0.39 is 60.9 Å². The van der Waals surface area contributed by atoms with Crippen LogP contribution < -0.4 is 10.4 Å². The maximum absolute atomic E-state index is 12.0. The van der Waals surface area contributed by atoms with E-state index in [1.54, 1.807) is 6.92 Å². The molecule has 164 valence electrons. The molecule has 30 heavy (non-hydrogen) atoms. The summed E-state index contributed by atoms with van der Waals surface area (Å²) < 4.78 is 15.9. The monoisotopic (exact) mass is 426 g/mol. The van der Waals surface area contributed by atoms with E-state index in [1.165, 1.54) is 24.3 Å². The zero-order chi connectivity index (χ0) is 22.2. The minimum atomic E-state index is -2.54. The lowest BCUT2D eigenvalue weighted by Gasteiger charge is -2.44. The highest BCUT2D eigenvalue weighted by atomic mass is 16.7. The normalized spacial score (nSPS) is 28.8. The van der Waals surface area contributed by atoms with Gasteiger partial charge >= 0.3 is 17.4 Å². The Bertz CT molecular complexity index is 986. The Morgan fingerprint density at radius 3 is 2.63 bits per heavy atom. The summed E-state index contributed by atoms with van der Waals surface area (Å²) in [5.41, 5.74) is 0.148. The first-order chi connectivity index (χ1) is 14.1. The van der Waals surface area contributed by atoms with Gasteiger partial charge in [-0.05, 0) is 24.6 Å². The van der Waals surface area contributed by atoms with Crippen LogP contribution in [0.15, 0.2) is 33.5 Å². The van der Waals surface area contributed by atoms with Crippen LogP contribution in [0.3, 0.4) is 0 Å². The molecule has 6 N–H and O–H groups in total. The first-order valence-electron chi connectivity index (χ1n) is 9.06. The van der Waals surface area contributed by atoms with Gasteiger partial charge in [0.25, 0.3) is 0 Å². The molecule has 1 aliphatic rings. The molecule has 0 bridgehead atoms. The molecule has 2 aromatic rings. The van der Waals surface area contributed by atoms with Gasteiger partial charge in [0.2, 0.25) is 0 Å². The van der Waals surface area contributed by atoms with E-state index in [9.17, 15) is 35.1 Å². The Morgan fingerprint density at radius 2 is 2.00 bits per heavy atom. The molecule has 1 fully saturated rings. The second kappa shape index (κ2) is 8.30. The van der Waals surface area contributed by atoms with E-state index in [0.29, 0.717) is 10.9 Å². The maximum Gasteiger partial charge on any atom is 0.377 e. The molecular weight excluding hydrogens is 404 g/mol. The number of benzene rings is 1. The number of carbonyl (C=O) groups is 1. The van der Waals surface area contributed by atoms with Crippen molar-refractivity contribution in [2.45, 2.75) is 49.7 Å². The van der Waals surface area contributed by atoms with Crippen LogP contribution in [0.1, 0.15) is 12.0 Å². The fourth-order valence-electron chi connectivity index (χ4n) is 3.36. The number of ether oxygens (including phenoxy) is 2. The number of carboxylic acid groups (broad SMARTS) is 1. The van der Waals surface area contributed by atoms with Crippen LogP contribution in [-0.4, -0.2) is 79.5 Å². The Morgan fingerprint density at radius 1 is 1.30 bits per heavy atom. The number of aliphatic hydroxyl groups is 5. The summed E-state index contributed by atoms with van der Waals surface area (Å²) in [4.78, 5) is 23.6. The molecule has 0 aliphatic carbocycles. The average Bonchev–Trinajstić information content (AvgIpc) is 2.68. The fraction of sp³-hybridized carbons (Fsp3) is 0.474. The van der Waals surface area contributed by atoms with Crippen LogP contribution in [0.5, 0.6) is 5.75 Å². The number of aliphatic hydroxyl groups excluding tert-OH is 5. The molecular formula is C19H22O11. The van der Waals surface area contributed by atoms with Crippen molar-refractivity contribution in [3.63, 3.8) is 0 Å². The number of hydrogen-bond donors (Lipinski definition) is 6. The van der Waals surface area contributed by atoms with E-state index in [0.717, 1.165) is 0 Å². The Labute approximate surface area is 169 Å². The minimum absolute atomic E-state index is 0.0850. The molecule has 1 aromatic heterocycles. The van der Waals surface area contributed by atoms with Gasteiger partial charge in [0.1, 0.15) is 35.7 Å². The number of aryl methyl sites for hydroxylation is 1. The summed E-state index contributed by atoms with van der Waals surface area (Å²) >= 11 is 0. The summed E-state index contributed by atoms with van der Waals surface area (Å²) in [6.45, 7) is 0.798. The van der Waals surface area contributed by atoms with Gasteiger partial charge in [-0.2, -0.15) is 0 Å². The van der Waals surface area contributed by atoms with Gasteiger partial charge in [0, 0.05) is 17.5 Å². The summed E-state index contributed by atoms with van der Waals surface area (Å²) in [5.74, 6) is -4.30. The minimum Gasteiger partial charge on any atom is -0.476 e. The highest BCUT2D eigenvalue weighted by Crippen LogP contribution is 2.35. The smallest absolute Gasteiger partial charge is 0.377 e. The fourth-order valence-corrected chi connectivity index (χ4v) is 3.36. The standard InChI is InChI=1S/C19H22O11/c1-8-4-14(23)28-13-5-9(2-3-10(8)13)29-19(18(26)27)6-11(21)15(24)17(30-19)16(25)12(22)7-20/h2-5,11-12,15-17,20-22,24-25H,6-7H2,1H3,(H,26,27)/t11-,12+,15+,16+,17+,19-/m0/s1. The molecule has 3 rings (SSSR count). The SMILES string of the molecule is Cc1cc(=O)oc2cc(O[C@@]3(C(=O)O)C[C@H](O)[C@@H](O)[C@H]([C@H](O)[C@H](O)CO)O3)ccc12. The highest BCUT2D eigenvalue weighted by molar-refractivity contribution is 5.82. The molecule has 2 heterocycles. The molecule has 0 saturated carbocycles. The van der Waals surface area contributed by atoms with E-state index in [4.69, 9.17) is 19.0 Å². The van der Waals surface area contributed by atoms with Crippen molar-refractivity contribution in [1.82, 2.24) is 0 Å². The predicted molar refractivity (Wildman–Crippen MR) is 98.8 cm³/mol. The Balaban J connectivity index is 1.99. The van der Waals surface area contributed by atoms with Crippen LogP contribution in [0.4, 0.5) is 0 Å². The summed E-state index contributed by atoms with van der Waals surface area (Å²) in [5, 5.41) is 59.4. The van der Waals surface area contributed by atoms with Gasteiger partial charge in [-0.15, -0.1) is 0 Å². The van der Waals surface area contributed by atoms with Gasteiger partial charge in [0.05, 0.1) is 19.1 Å². The van der Waals surface area contributed by atoms with Gasteiger partial charge in [-0.3, -0.25) is 0 Å². The third-order valence-corrected chi connectivity index (χ3v) is 4.98. The third kappa shape index (κ3) is 4.03. The van der Waals surface area contributed by atoms with Crippen molar-refractivity contribution in [3.05, 3.63) is 40.2 Å². The molecule has 6 atom stereocenters.